The van der Waals surface area contributed by atoms with Gasteiger partial charge in [-0.25, -0.2) is 0 Å². The van der Waals surface area contributed by atoms with E-state index in [1.807, 2.05) is 6.92 Å². The number of nitrogens with two attached hydrogens (primary N) is 1. The summed E-state index contributed by atoms with van der Waals surface area (Å²) in [6.07, 6.45) is 1.49. The second-order valence-corrected chi connectivity index (χ2v) is 4.43. The van der Waals surface area contributed by atoms with Crippen LogP contribution in [-0.4, -0.2) is 24.5 Å². The fraction of sp³-hybridized carbons (Fsp3) is 0.385. The maximum absolute atomic E-state index is 11.8. The Bertz CT molecular complexity index is 502. The highest BCUT2D eigenvalue weighted by Crippen LogP contribution is 2.30. The predicted octanol–water partition coefficient (Wildman–Crippen LogP) is 1.08. The highest BCUT2D eigenvalue weighted by Gasteiger charge is 2.17. The topological polar surface area (TPSA) is 93.5 Å². The summed E-state index contributed by atoms with van der Waals surface area (Å²) in [5, 5.41) is 5.40. The molecule has 1 aromatic carbocycles. The van der Waals surface area contributed by atoms with E-state index in [0.29, 0.717) is 23.5 Å². The first kappa shape index (κ1) is 13.4. The molecular formula is C13H17N3O3. The van der Waals surface area contributed by atoms with E-state index in [-0.39, 0.29) is 18.4 Å². The molecule has 0 radical (unpaired) electrons. The van der Waals surface area contributed by atoms with Crippen LogP contribution in [0, 0.1) is 0 Å². The fourth-order valence-electron chi connectivity index (χ4n) is 1.84. The van der Waals surface area contributed by atoms with Crippen LogP contribution >= 0.6 is 0 Å². The van der Waals surface area contributed by atoms with Crippen molar-refractivity contribution in [2.45, 2.75) is 25.8 Å². The molecule has 19 heavy (non-hydrogen) atoms. The van der Waals surface area contributed by atoms with Crippen LogP contribution in [0.2, 0.25) is 0 Å². The number of hydrogen-bond donors (Lipinski definition) is 3. The molecule has 102 valence electrons. The van der Waals surface area contributed by atoms with Crippen LogP contribution in [0.4, 0.5) is 11.4 Å². The van der Waals surface area contributed by atoms with E-state index in [1.165, 1.54) is 0 Å². The van der Waals surface area contributed by atoms with Crippen LogP contribution in [0.5, 0.6) is 5.75 Å². The highest BCUT2D eigenvalue weighted by atomic mass is 16.5. The monoisotopic (exact) mass is 263 g/mol. The molecule has 0 saturated carbocycles. The molecule has 6 nitrogen and oxygen atoms in total. The number of fused-ring (bicyclic) bond motifs is 1. The molecule has 0 unspecified atom stereocenters. The van der Waals surface area contributed by atoms with E-state index >= 15 is 0 Å². The van der Waals surface area contributed by atoms with Gasteiger partial charge in [0.25, 0.3) is 5.91 Å². The molecule has 0 fully saturated rings. The lowest BCUT2D eigenvalue weighted by Crippen LogP contribution is -2.35. The van der Waals surface area contributed by atoms with E-state index in [1.54, 1.807) is 18.2 Å². The van der Waals surface area contributed by atoms with Crippen LogP contribution in [0.15, 0.2) is 18.2 Å². The molecule has 6 heteroatoms. The molecule has 1 aliphatic rings. The first-order valence-electron chi connectivity index (χ1n) is 6.23. The summed E-state index contributed by atoms with van der Waals surface area (Å²) in [5.74, 6) is 0.152. The summed E-state index contributed by atoms with van der Waals surface area (Å²) in [5.41, 5.74) is 6.87. The zero-order valence-electron chi connectivity index (χ0n) is 10.7. The third kappa shape index (κ3) is 3.23. The molecule has 0 bridgehead atoms. The Kier molecular flexibility index (Phi) is 4.01. The van der Waals surface area contributed by atoms with E-state index in [2.05, 4.69) is 10.6 Å². The summed E-state index contributed by atoms with van der Waals surface area (Å²) >= 11 is 0. The maximum atomic E-state index is 11.8. The second-order valence-electron chi connectivity index (χ2n) is 4.43. The van der Waals surface area contributed by atoms with Gasteiger partial charge in [-0.2, -0.15) is 0 Å². The third-order valence-electron chi connectivity index (χ3n) is 2.82. The van der Waals surface area contributed by atoms with Gasteiger partial charge in [0.1, 0.15) is 5.75 Å². The van der Waals surface area contributed by atoms with Crippen molar-refractivity contribution in [1.82, 2.24) is 0 Å². The Hall–Kier alpha value is -2.08. The molecule has 0 saturated heterocycles. The molecule has 2 amide bonds. The van der Waals surface area contributed by atoms with Crippen molar-refractivity contribution < 1.29 is 14.3 Å². The molecule has 4 N–H and O–H groups in total. The van der Waals surface area contributed by atoms with Crippen molar-refractivity contribution in [3.05, 3.63) is 18.2 Å². The average Bonchev–Trinajstić information content (AvgIpc) is 2.38. The quantitative estimate of drug-likeness (QED) is 0.757. The van der Waals surface area contributed by atoms with Gasteiger partial charge in [0.05, 0.1) is 11.7 Å². The van der Waals surface area contributed by atoms with Gasteiger partial charge in [0.2, 0.25) is 5.91 Å². The van der Waals surface area contributed by atoms with Crippen molar-refractivity contribution in [2.24, 2.45) is 5.73 Å². The van der Waals surface area contributed by atoms with E-state index in [9.17, 15) is 9.59 Å². The van der Waals surface area contributed by atoms with Crippen LogP contribution in [0.1, 0.15) is 19.8 Å². The van der Waals surface area contributed by atoms with Gasteiger partial charge in [0.15, 0.2) is 6.61 Å². The lowest BCUT2D eigenvalue weighted by molar-refractivity contribution is -0.119. The van der Waals surface area contributed by atoms with Gasteiger partial charge < -0.3 is 21.1 Å². The molecule has 1 atom stereocenters. The summed E-state index contributed by atoms with van der Waals surface area (Å²) in [6, 6.07) is 4.55. The molecule has 1 aromatic rings. The zero-order valence-corrected chi connectivity index (χ0v) is 10.7. The van der Waals surface area contributed by atoms with Crippen LogP contribution in [-0.2, 0) is 9.59 Å². The lowest BCUT2D eigenvalue weighted by atomic mass is 10.1. The largest absolute Gasteiger partial charge is 0.482 e. The average molecular weight is 263 g/mol. The van der Waals surface area contributed by atoms with Crippen LogP contribution in [0.3, 0.4) is 0 Å². The minimum absolute atomic E-state index is 0.0140. The highest BCUT2D eigenvalue weighted by molar-refractivity contribution is 5.98. The van der Waals surface area contributed by atoms with E-state index in [0.717, 1.165) is 6.42 Å². The number of rotatable bonds is 4. The molecule has 1 heterocycles. The van der Waals surface area contributed by atoms with Crippen molar-refractivity contribution in [3.8, 4) is 5.75 Å². The summed E-state index contributed by atoms with van der Waals surface area (Å²) in [6.45, 7) is 1.99. The summed E-state index contributed by atoms with van der Waals surface area (Å²) in [4.78, 5) is 23.0. The van der Waals surface area contributed by atoms with Gasteiger partial charge in [-0.1, -0.05) is 13.3 Å². The normalized spacial score (nSPS) is 14.9. The first-order chi connectivity index (χ1) is 9.10. The molecule has 0 spiro atoms. The van der Waals surface area contributed by atoms with E-state index < -0.39 is 6.04 Å². The molecule has 0 aromatic heterocycles. The lowest BCUT2D eigenvalue weighted by Gasteiger charge is -2.19. The number of carbonyl (C=O) groups excluding carboxylic acids is 2. The molecule has 1 aliphatic heterocycles. The fourth-order valence-corrected chi connectivity index (χ4v) is 1.84. The number of nitrogens with one attached hydrogen (secondary N) is 2. The Morgan fingerprint density at radius 1 is 1.58 bits per heavy atom. The van der Waals surface area contributed by atoms with Crippen LogP contribution < -0.4 is 21.1 Å². The number of hydrogen-bond acceptors (Lipinski definition) is 4. The summed E-state index contributed by atoms with van der Waals surface area (Å²) < 4.78 is 5.23. The predicted molar refractivity (Wildman–Crippen MR) is 72.1 cm³/mol. The van der Waals surface area contributed by atoms with Gasteiger partial charge in [-0.15, -0.1) is 0 Å². The maximum Gasteiger partial charge on any atom is 0.262 e. The minimum atomic E-state index is -0.521. The zero-order chi connectivity index (χ0) is 13.8. The first-order valence-corrected chi connectivity index (χ1v) is 6.23. The van der Waals surface area contributed by atoms with Gasteiger partial charge in [-0.3, -0.25) is 9.59 Å². The van der Waals surface area contributed by atoms with Gasteiger partial charge in [0, 0.05) is 5.69 Å². The summed E-state index contributed by atoms with van der Waals surface area (Å²) in [7, 11) is 0. The number of benzene rings is 1. The number of anilines is 2. The smallest absolute Gasteiger partial charge is 0.262 e. The van der Waals surface area contributed by atoms with Gasteiger partial charge >= 0.3 is 0 Å². The molecule has 2 rings (SSSR count). The van der Waals surface area contributed by atoms with Crippen molar-refractivity contribution in [1.29, 1.82) is 0 Å². The van der Waals surface area contributed by atoms with Gasteiger partial charge in [-0.05, 0) is 24.6 Å². The molecular weight excluding hydrogens is 246 g/mol. The third-order valence-corrected chi connectivity index (χ3v) is 2.82. The number of carbonyl (C=O) groups is 2. The standard InChI is InChI=1S/C13H17N3O3/c1-2-3-9(14)13(18)15-8-4-5-11-10(6-8)16-12(17)7-19-11/h4-6,9H,2-3,7,14H2,1H3,(H,15,18)(H,16,17)/t9-/m1/s1. The minimum Gasteiger partial charge on any atom is -0.482 e. The Morgan fingerprint density at radius 2 is 2.37 bits per heavy atom. The van der Waals surface area contributed by atoms with E-state index in [4.69, 9.17) is 10.5 Å². The SMILES string of the molecule is CCC[C@@H](N)C(=O)Nc1ccc2c(c1)NC(=O)CO2. The second kappa shape index (κ2) is 5.71. The van der Waals surface area contributed by atoms with Crippen molar-refractivity contribution in [2.75, 3.05) is 17.2 Å². The number of ether oxygens (including phenoxy) is 1. The van der Waals surface area contributed by atoms with Crippen LogP contribution in [0.25, 0.3) is 0 Å². The Morgan fingerprint density at radius 3 is 3.11 bits per heavy atom. The Labute approximate surface area is 111 Å². The Balaban J connectivity index is 2.08. The van der Waals surface area contributed by atoms with Crippen molar-refractivity contribution >= 4 is 23.2 Å². The van der Waals surface area contributed by atoms with Crippen molar-refractivity contribution in [3.63, 3.8) is 0 Å². The molecule has 0 aliphatic carbocycles. The number of amides is 2.